The highest BCUT2D eigenvalue weighted by Gasteiger charge is 2.23. The zero-order chi connectivity index (χ0) is 19.7. The third kappa shape index (κ3) is 3.70. The molecule has 3 heterocycles. The summed E-state index contributed by atoms with van der Waals surface area (Å²) in [7, 11) is 0. The van der Waals surface area contributed by atoms with E-state index in [9.17, 15) is 4.79 Å². The van der Waals surface area contributed by atoms with Crippen molar-refractivity contribution in [3.05, 3.63) is 46.1 Å². The molecular weight excluding hydrogens is 372 g/mol. The lowest BCUT2D eigenvalue weighted by molar-refractivity contribution is 0.102. The molecule has 146 valence electrons. The molecule has 0 unspecified atom stereocenters. The molecule has 1 fully saturated rings. The van der Waals surface area contributed by atoms with Gasteiger partial charge in [0.2, 0.25) is 0 Å². The second-order valence-corrected chi connectivity index (χ2v) is 8.12. The van der Waals surface area contributed by atoms with Gasteiger partial charge in [-0.3, -0.25) is 10.1 Å². The standard InChI is InChI=1S/C20H24N6OS/c1-12-4-5-16(13(2)10-12)17-11-28-20(22-17)23-19(27)18-14(3)26(25-24-18)15-6-8-21-9-7-15/h4-5,10-11,15,21H,6-9H2,1-3H3,(H,22,23,27). The summed E-state index contributed by atoms with van der Waals surface area (Å²) in [5, 5.41) is 17.1. The van der Waals surface area contributed by atoms with Gasteiger partial charge in [-0.15, -0.1) is 16.4 Å². The molecule has 8 heteroatoms. The highest BCUT2D eigenvalue weighted by molar-refractivity contribution is 7.14. The first-order valence-electron chi connectivity index (χ1n) is 9.50. The first kappa shape index (κ1) is 18.8. The minimum atomic E-state index is -0.265. The van der Waals surface area contributed by atoms with E-state index >= 15 is 0 Å². The number of carbonyl (C=O) groups is 1. The van der Waals surface area contributed by atoms with Crippen molar-refractivity contribution >= 4 is 22.4 Å². The molecule has 2 N–H and O–H groups in total. The van der Waals surface area contributed by atoms with Crippen LogP contribution in [0.15, 0.2) is 23.6 Å². The Balaban J connectivity index is 1.50. The Kier molecular flexibility index (Phi) is 5.23. The zero-order valence-electron chi connectivity index (χ0n) is 16.3. The zero-order valence-corrected chi connectivity index (χ0v) is 17.1. The summed E-state index contributed by atoms with van der Waals surface area (Å²) in [6.07, 6.45) is 1.99. The van der Waals surface area contributed by atoms with Gasteiger partial charge in [0.1, 0.15) is 0 Å². The van der Waals surface area contributed by atoms with Gasteiger partial charge in [-0.25, -0.2) is 9.67 Å². The summed E-state index contributed by atoms with van der Waals surface area (Å²) in [6.45, 7) is 7.97. The fraction of sp³-hybridized carbons (Fsp3) is 0.400. The van der Waals surface area contributed by atoms with E-state index < -0.39 is 0 Å². The molecule has 2 aromatic heterocycles. The number of amides is 1. The van der Waals surface area contributed by atoms with E-state index in [1.54, 1.807) is 0 Å². The largest absolute Gasteiger partial charge is 0.317 e. The number of aromatic nitrogens is 4. The Morgan fingerprint density at radius 2 is 2.04 bits per heavy atom. The lowest BCUT2D eigenvalue weighted by Crippen LogP contribution is -2.30. The molecule has 7 nitrogen and oxygen atoms in total. The fourth-order valence-corrected chi connectivity index (χ4v) is 4.37. The summed E-state index contributed by atoms with van der Waals surface area (Å²) in [5.41, 5.74) is 5.50. The van der Waals surface area contributed by atoms with Crippen molar-refractivity contribution in [2.75, 3.05) is 18.4 Å². The van der Waals surface area contributed by atoms with Crippen LogP contribution >= 0.6 is 11.3 Å². The maximum atomic E-state index is 12.7. The van der Waals surface area contributed by atoms with Gasteiger partial charge >= 0.3 is 0 Å². The van der Waals surface area contributed by atoms with Crippen molar-refractivity contribution in [3.63, 3.8) is 0 Å². The average Bonchev–Trinajstić information content (AvgIpc) is 3.29. The quantitative estimate of drug-likeness (QED) is 0.705. The Labute approximate surface area is 168 Å². The first-order chi connectivity index (χ1) is 13.5. The van der Waals surface area contributed by atoms with Crippen molar-refractivity contribution in [1.29, 1.82) is 0 Å². The van der Waals surface area contributed by atoms with Crippen LogP contribution < -0.4 is 10.6 Å². The smallest absolute Gasteiger partial charge is 0.279 e. The molecule has 4 rings (SSSR count). The lowest BCUT2D eigenvalue weighted by atomic mass is 10.0. The van der Waals surface area contributed by atoms with Gasteiger partial charge in [0.25, 0.3) is 5.91 Å². The van der Waals surface area contributed by atoms with Crippen LogP contribution in [0, 0.1) is 20.8 Å². The Morgan fingerprint density at radius 3 is 2.79 bits per heavy atom. The molecule has 1 aliphatic rings. The number of rotatable bonds is 4. The van der Waals surface area contributed by atoms with Crippen molar-refractivity contribution in [2.24, 2.45) is 0 Å². The molecule has 0 radical (unpaired) electrons. The van der Waals surface area contributed by atoms with Crippen LogP contribution in [0.5, 0.6) is 0 Å². The van der Waals surface area contributed by atoms with E-state index in [2.05, 4.69) is 58.0 Å². The SMILES string of the molecule is Cc1ccc(-c2csc(NC(=O)c3nnn(C4CCNCC4)c3C)n2)c(C)c1. The number of piperidine rings is 1. The third-order valence-electron chi connectivity index (χ3n) is 5.18. The van der Waals surface area contributed by atoms with Gasteiger partial charge in [0.05, 0.1) is 17.4 Å². The van der Waals surface area contributed by atoms with E-state index in [0.717, 1.165) is 42.9 Å². The van der Waals surface area contributed by atoms with E-state index in [0.29, 0.717) is 16.9 Å². The number of nitrogens with one attached hydrogen (secondary N) is 2. The monoisotopic (exact) mass is 396 g/mol. The fourth-order valence-electron chi connectivity index (χ4n) is 3.66. The summed E-state index contributed by atoms with van der Waals surface area (Å²) < 4.78 is 1.89. The molecule has 1 aromatic carbocycles. The van der Waals surface area contributed by atoms with Crippen LogP contribution in [0.1, 0.15) is 46.2 Å². The minimum Gasteiger partial charge on any atom is -0.317 e. The van der Waals surface area contributed by atoms with E-state index in [1.165, 1.54) is 22.5 Å². The number of nitrogens with zero attached hydrogens (tertiary/aromatic N) is 4. The van der Waals surface area contributed by atoms with Gasteiger partial charge in [0.15, 0.2) is 10.8 Å². The molecule has 28 heavy (non-hydrogen) atoms. The molecule has 3 aromatic rings. The number of hydrogen-bond donors (Lipinski definition) is 2. The third-order valence-corrected chi connectivity index (χ3v) is 5.94. The average molecular weight is 397 g/mol. The molecular formula is C20H24N6OS. The minimum absolute atomic E-state index is 0.265. The first-order valence-corrected chi connectivity index (χ1v) is 10.4. The number of benzene rings is 1. The molecule has 0 bridgehead atoms. The van der Waals surface area contributed by atoms with Gasteiger partial charge in [-0.1, -0.05) is 29.0 Å². The number of hydrogen-bond acceptors (Lipinski definition) is 6. The van der Waals surface area contributed by atoms with Crippen LogP contribution in [-0.4, -0.2) is 39.0 Å². The topological polar surface area (TPSA) is 84.7 Å². The molecule has 0 saturated carbocycles. The predicted octanol–water partition coefficient (Wildman–Crippen LogP) is 3.50. The lowest BCUT2D eigenvalue weighted by Gasteiger charge is -2.23. The van der Waals surface area contributed by atoms with Crippen molar-refractivity contribution in [3.8, 4) is 11.3 Å². The van der Waals surface area contributed by atoms with Crippen LogP contribution in [0.4, 0.5) is 5.13 Å². The predicted molar refractivity (Wildman–Crippen MR) is 111 cm³/mol. The number of thiazole rings is 1. The van der Waals surface area contributed by atoms with E-state index in [-0.39, 0.29) is 5.91 Å². The van der Waals surface area contributed by atoms with Gasteiger partial charge in [-0.2, -0.15) is 0 Å². The molecule has 0 aliphatic carbocycles. The van der Waals surface area contributed by atoms with Crippen molar-refractivity contribution in [2.45, 2.75) is 39.7 Å². The molecule has 1 aliphatic heterocycles. The molecule has 0 spiro atoms. The maximum absolute atomic E-state index is 12.7. The molecule has 1 amide bonds. The van der Waals surface area contributed by atoms with Crippen LogP contribution in [0.25, 0.3) is 11.3 Å². The number of carbonyl (C=O) groups excluding carboxylic acids is 1. The van der Waals surface area contributed by atoms with Gasteiger partial charge in [-0.05, 0) is 52.3 Å². The summed E-state index contributed by atoms with van der Waals surface area (Å²) >= 11 is 1.41. The Bertz CT molecular complexity index is 1000. The Morgan fingerprint density at radius 1 is 1.25 bits per heavy atom. The van der Waals surface area contributed by atoms with Crippen molar-refractivity contribution < 1.29 is 4.79 Å². The highest BCUT2D eigenvalue weighted by atomic mass is 32.1. The summed E-state index contributed by atoms with van der Waals surface area (Å²) in [5.74, 6) is -0.265. The van der Waals surface area contributed by atoms with Gasteiger partial charge in [0, 0.05) is 10.9 Å². The maximum Gasteiger partial charge on any atom is 0.279 e. The summed E-state index contributed by atoms with van der Waals surface area (Å²) in [6, 6.07) is 6.57. The number of anilines is 1. The normalized spacial score (nSPS) is 15.0. The molecule has 0 atom stereocenters. The number of aryl methyl sites for hydroxylation is 2. The van der Waals surface area contributed by atoms with Crippen molar-refractivity contribution in [1.82, 2.24) is 25.3 Å². The van der Waals surface area contributed by atoms with Crippen LogP contribution in [0.2, 0.25) is 0 Å². The second kappa shape index (κ2) is 7.81. The van der Waals surface area contributed by atoms with E-state index in [1.807, 2.05) is 17.0 Å². The van der Waals surface area contributed by atoms with Gasteiger partial charge < -0.3 is 5.32 Å². The summed E-state index contributed by atoms with van der Waals surface area (Å²) in [4.78, 5) is 17.3. The molecule has 1 saturated heterocycles. The Hall–Kier alpha value is -2.58. The van der Waals surface area contributed by atoms with Crippen LogP contribution in [-0.2, 0) is 0 Å². The van der Waals surface area contributed by atoms with E-state index in [4.69, 9.17) is 0 Å². The second-order valence-electron chi connectivity index (χ2n) is 7.26. The highest BCUT2D eigenvalue weighted by Crippen LogP contribution is 2.28. The van der Waals surface area contributed by atoms with Crippen LogP contribution in [0.3, 0.4) is 0 Å².